The SMILES string of the molecule is CCOC(=O)c1sc2nc(-c3cccc(OC)c3)nc(N)c2c1C. The van der Waals surface area contributed by atoms with Crippen LogP contribution in [0, 0.1) is 6.92 Å². The van der Waals surface area contributed by atoms with Gasteiger partial charge >= 0.3 is 5.97 Å². The maximum absolute atomic E-state index is 12.1. The zero-order chi connectivity index (χ0) is 17.3. The summed E-state index contributed by atoms with van der Waals surface area (Å²) in [6.07, 6.45) is 0. The molecule has 0 fully saturated rings. The summed E-state index contributed by atoms with van der Waals surface area (Å²) in [5.41, 5.74) is 7.68. The molecule has 24 heavy (non-hydrogen) atoms. The van der Waals surface area contributed by atoms with Gasteiger partial charge in [0, 0.05) is 5.56 Å². The van der Waals surface area contributed by atoms with Crippen molar-refractivity contribution in [3.05, 3.63) is 34.7 Å². The molecule has 0 amide bonds. The first-order valence-corrected chi connectivity index (χ1v) is 8.25. The van der Waals surface area contributed by atoms with E-state index in [0.29, 0.717) is 39.1 Å². The van der Waals surface area contributed by atoms with E-state index in [1.165, 1.54) is 11.3 Å². The van der Waals surface area contributed by atoms with E-state index in [0.717, 1.165) is 11.1 Å². The number of hydrogen-bond acceptors (Lipinski definition) is 7. The van der Waals surface area contributed by atoms with Crippen LogP contribution < -0.4 is 10.5 Å². The van der Waals surface area contributed by atoms with E-state index in [9.17, 15) is 4.79 Å². The molecule has 7 heteroatoms. The summed E-state index contributed by atoms with van der Waals surface area (Å²) >= 11 is 1.27. The van der Waals surface area contributed by atoms with Crippen molar-refractivity contribution in [3.63, 3.8) is 0 Å². The van der Waals surface area contributed by atoms with Crippen LogP contribution in [0.4, 0.5) is 5.82 Å². The molecule has 6 nitrogen and oxygen atoms in total. The van der Waals surface area contributed by atoms with E-state index in [1.807, 2.05) is 31.2 Å². The number of ether oxygens (including phenoxy) is 2. The standard InChI is InChI=1S/C17H17N3O3S/c1-4-23-17(21)13-9(2)12-14(18)19-15(20-16(12)24-13)10-6-5-7-11(8-10)22-3/h5-8H,4H2,1-3H3,(H2,18,19,20). The molecule has 0 saturated heterocycles. The summed E-state index contributed by atoms with van der Waals surface area (Å²) < 4.78 is 10.3. The number of rotatable bonds is 4. The number of hydrogen-bond donors (Lipinski definition) is 1. The van der Waals surface area contributed by atoms with Gasteiger partial charge in [-0.1, -0.05) is 12.1 Å². The number of aryl methyl sites for hydroxylation is 1. The largest absolute Gasteiger partial charge is 0.497 e. The summed E-state index contributed by atoms with van der Waals surface area (Å²) in [6, 6.07) is 7.43. The molecule has 0 radical (unpaired) electrons. The van der Waals surface area contributed by atoms with Gasteiger partial charge in [0.15, 0.2) is 5.82 Å². The Balaban J connectivity index is 2.14. The summed E-state index contributed by atoms with van der Waals surface area (Å²) in [5, 5.41) is 0.703. The lowest BCUT2D eigenvalue weighted by atomic mass is 10.1. The number of nitrogens with zero attached hydrogens (tertiary/aromatic N) is 2. The number of carbonyl (C=O) groups excluding carboxylic acids is 1. The summed E-state index contributed by atoms with van der Waals surface area (Å²) in [5.74, 6) is 1.20. The van der Waals surface area contributed by atoms with Gasteiger partial charge in [0.1, 0.15) is 21.3 Å². The molecule has 2 heterocycles. The van der Waals surface area contributed by atoms with Crippen LogP contribution in [-0.2, 0) is 4.74 Å². The first-order chi connectivity index (χ1) is 11.5. The first kappa shape index (κ1) is 16.2. The van der Waals surface area contributed by atoms with E-state index < -0.39 is 0 Å². The van der Waals surface area contributed by atoms with Crippen molar-refractivity contribution in [2.24, 2.45) is 0 Å². The van der Waals surface area contributed by atoms with Crippen LogP contribution in [-0.4, -0.2) is 29.7 Å². The number of fused-ring (bicyclic) bond motifs is 1. The van der Waals surface area contributed by atoms with Gasteiger partial charge in [-0.15, -0.1) is 11.3 Å². The third-order valence-electron chi connectivity index (χ3n) is 3.61. The Bertz CT molecular complexity index is 921. The molecule has 124 valence electrons. The monoisotopic (exact) mass is 343 g/mol. The fourth-order valence-electron chi connectivity index (χ4n) is 2.45. The average Bonchev–Trinajstić information content (AvgIpc) is 2.92. The van der Waals surface area contributed by atoms with Crippen molar-refractivity contribution in [2.75, 3.05) is 19.5 Å². The Morgan fingerprint density at radius 1 is 1.33 bits per heavy atom. The minimum atomic E-state index is -0.361. The molecule has 3 aromatic rings. The molecule has 0 aliphatic rings. The highest BCUT2D eigenvalue weighted by molar-refractivity contribution is 7.20. The van der Waals surface area contributed by atoms with Gasteiger partial charge < -0.3 is 15.2 Å². The van der Waals surface area contributed by atoms with Crippen LogP contribution in [0.2, 0.25) is 0 Å². The van der Waals surface area contributed by atoms with Crippen molar-refractivity contribution in [2.45, 2.75) is 13.8 Å². The lowest BCUT2D eigenvalue weighted by Crippen LogP contribution is -2.03. The fraction of sp³-hybridized carbons (Fsp3) is 0.235. The van der Waals surface area contributed by atoms with Gasteiger partial charge in [0.25, 0.3) is 0 Å². The Morgan fingerprint density at radius 3 is 2.83 bits per heavy atom. The van der Waals surface area contributed by atoms with Crippen molar-refractivity contribution in [3.8, 4) is 17.1 Å². The molecule has 2 N–H and O–H groups in total. The predicted octanol–water partition coefficient (Wildman–Crippen LogP) is 3.43. The highest BCUT2D eigenvalue weighted by Gasteiger charge is 2.20. The highest BCUT2D eigenvalue weighted by Crippen LogP contribution is 2.35. The van der Waals surface area contributed by atoms with Crippen LogP contribution in [0.3, 0.4) is 0 Å². The Labute approximate surface area is 143 Å². The zero-order valence-corrected chi connectivity index (χ0v) is 14.4. The van der Waals surface area contributed by atoms with Crippen LogP contribution in [0.5, 0.6) is 5.75 Å². The normalized spacial score (nSPS) is 10.8. The second-order valence-corrected chi connectivity index (χ2v) is 6.12. The maximum atomic E-state index is 12.1. The molecule has 3 rings (SSSR count). The second kappa shape index (κ2) is 6.45. The molecule has 0 unspecified atom stereocenters. The third-order valence-corrected chi connectivity index (χ3v) is 4.77. The predicted molar refractivity (Wildman–Crippen MR) is 94.5 cm³/mol. The number of nitrogen functional groups attached to an aromatic ring is 1. The summed E-state index contributed by atoms with van der Waals surface area (Å²) in [4.78, 5) is 22.2. The number of aromatic nitrogens is 2. The highest BCUT2D eigenvalue weighted by atomic mass is 32.1. The van der Waals surface area contributed by atoms with E-state index in [1.54, 1.807) is 14.0 Å². The van der Waals surface area contributed by atoms with Crippen LogP contribution in [0.15, 0.2) is 24.3 Å². The van der Waals surface area contributed by atoms with E-state index in [4.69, 9.17) is 15.2 Å². The maximum Gasteiger partial charge on any atom is 0.348 e. The van der Waals surface area contributed by atoms with Crippen molar-refractivity contribution in [1.82, 2.24) is 9.97 Å². The Hall–Kier alpha value is -2.67. The molecule has 2 aromatic heterocycles. The molecule has 0 bridgehead atoms. The van der Waals surface area contributed by atoms with Gasteiger partial charge in [0.2, 0.25) is 0 Å². The number of carbonyl (C=O) groups is 1. The smallest absolute Gasteiger partial charge is 0.348 e. The van der Waals surface area contributed by atoms with Crippen molar-refractivity contribution >= 4 is 33.3 Å². The summed E-state index contributed by atoms with van der Waals surface area (Å²) in [7, 11) is 1.60. The van der Waals surface area contributed by atoms with Gasteiger partial charge in [-0.25, -0.2) is 14.8 Å². The quantitative estimate of drug-likeness (QED) is 0.730. The number of esters is 1. The lowest BCUT2D eigenvalue weighted by molar-refractivity contribution is 0.0531. The minimum absolute atomic E-state index is 0.322. The molecule has 0 saturated carbocycles. The Kier molecular flexibility index (Phi) is 4.35. The van der Waals surface area contributed by atoms with Gasteiger partial charge in [-0.05, 0) is 31.5 Å². The van der Waals surface area contributed by atoms with Crippen LogP contribution >= 0.6 is 11.3 Å². The number of benzene rings is 1. The van der Waals surface area contributed by atoms with Crippen molar-refractivity contribution in [1.29, 1.82) is 0 Å². The number of nitrogens with two attached hydrogens (primary N) is 1. The molecule has 0 spiro atoms. The molecular formula is C17H17N3O3S. The van der Waals surface area contributed by atoms with Gasteiger partial charge in [-0.2, -0.15) is 0 Å². The minimum Gasteiger partial charge on any atom is -0.497 e. The molecule has 1 aromatic carbocycles. The number of methoxy groups -OCH3 is 1. The number of thiophene rings is 1. The molecular weight excluding hydrogens is 326 g/mol. The van der Waals surface area contributed by atoms with Crippen LogP contribution in [0.25, 0.3) is 21.6 Å². The fourth-order valence-corrected chi connectivity index (χ4v) is 3.54. The third kappa shape index (κ3) is 2.78. The summed E-state index contributed by atoms with van der Waals surface area (Å²) in [6.45, 7) is 3.92. The lowest BCUT2D eigenvalue weighted by Gasteiger charge is -2.05. The topological polar surface area (TPSA) is 87.3 Å². The van der Waals surface area contributed by atoms with E-state index >= 15 is 0 Å². The second-order valence-electron chi connectivity index (χ2n) is 5.12. The first-order valence-electron chi connectivity index (χ1n) is 7.43. The van der Waals surface area contributed by atoms with E-state index in [2.05, 4.69) is 9.97 Å². The van der Waals surface area contributed by atoms with Crippen molar-refractivity contribution < 1.29 is 14.3 Å². The van der Waals surface area contributed by atoms with E-state index in [-0.39, 0.29) is 5.97 Å². The Morgan fingerprint density at radius 2 is 2.12 bits per heavy atom. The molecule has 0 atom stereocenters. The molecule has 0 aliphatic heterocycles. The number of anilines is 1. The molecule has 0 aliphatic carbocycles. The van der Waals surface area contributed by atoms with Gasteiger partial charge in [0.05, 0.1) is 19.1 Å². The van der Waals surface area contributed by atoms with Gasteiger partial charge in [-0.3, -0.25) is 0 Å². The zero-order valence-electron chi connectivity index (χ0n) is 13.6. The van der Waals surface area contributed by atoms with Crippen LogP contribution in [0.1, 0.15) is 22.2 Å². The average molecular weight is 343 g/mol.